The maximum atomic E-state index is 13.0. The molecule has 0 unspecified atom stereocenters. The molecule has 0 aliphatic carbocycles. The van der Waals surface area contributed by atoms with E-state index in [9.17, 15) is 9.59 Å². The lowest BCUT2D eigenvalue weighted by atomic mass is 10.0. The molecule has 0 fully saturated rings. The highest BCUT2D eigenvalue weighted by Crippen LogP contribution is 2.27. The second-order valence-electron chi connectivity index (χ2n) is 6.96. The Morgan fingerprint density at radius 3 is 2.65 bits per heavy atom. The van der Waals surface area contributed by atoms with Crippen molar-refractivity contribution >= 4 is 17.5 Å². The van der Waals surface area contributed by atoms with E-state index >= 15 is 0 Å². The summed E-state index contributed by atoms with van der Waals surface area (Å²) < 4.78 is 5.20. The molecule has 1 N–H and O–H groups in total. The van der Waals surface area contributed by atoms with Crippen molar-refractivity contribution in [2.45, 2.75) is 32.9 Å². The Hall–Kier alpha value is -2.82. The number of anilines is 1. The van der Waals surface area contributed by atoms with Crippen LogP contribution in [0.1, 0.15) is 36.2 Å². The summed E-state index contributed by atoms with van der Waals surface area (Å²) >= 11 is 0. The van der Waals surface area contributed by atoms with Gasteiger partial charge in [0.2, 0.25) is 5.91 Å². The first-order chi connectivity index (χ1) is 12.5. The Balaban J connectivity index is 1.82. The molecule has 0 spiro atoms. The molecule has 3 rings (SSSR count). The number of rotatable bonds is 6. The predicted octanol–water partition coefficient (Wildman–Crippen LogP) is 3.70. The van der Waals surface area contributed by atoms with Gasteiger partial charge in [-0.3, -0.25) is 9.59 Å². The van der Waals surface area contributed by atoms with Gasteiger partial charge in [-0.1, -0.05) is 38.1 Å². The van der Waals surface area contributed by atoms with Crippen molar-refractivity contribution < 1.29 is 14.3 Å². The lowest BCUT2D eigenvalue weighted by molar-refractivity contribution is -0.121. The summed E-state index contributed by atoms with van der Waals surface area (Å²) in [6, 6.07) is 14.3. The van der Waals surface area contributed by atoms with Crippen molar-refractivity contribution in [3.8, 4) is 5.75 Å². The number of amides is 2. The van der Waals surface area contributed by atoms with E-state index in [0.29, 0.717) is 30.0 Å². The van der Waals surface area contributed by atoms with E-state index < -0.39 is 6.04 Å². The van der Waals surface area contributed by atoms with Crippen LogP contribution in [0.4, 0.5) is 5.69 Å². The number of hydrogen-bond donors (Lipinski definition) is 1. The molecule has 1 atom stereocenters. The third-order valence-electron chi connectivity index (χ3n) is 4.56. The molecule has 2 amide bonds. The van der Waals surface area contributed by atoms with Crippen LogP contribution in [0.2, 0.25) is 0 Å². The molecule has 5 nitrogen and oxygen atoms in total. The highest BCUT2D eigenvalue weighted by atomic mass is 16.5. The molecule has 2 aromatic rings. The largest absolute Gasteiger partial charge is 0.497 e. The number of nitrogens with zero attached hydrogens (tertiary/aromatic N) is 1. The van der Waals surface area contributed by atoms with Gasteiger partial charge in [0.1, 0.15) is 11.8 Å². The number of methoxy groups -OCH3 is 1. The van der Waals surface area contributed by atoms with Crippen LogP contribution in [0, 0.1) is 5.92 Å². The summed E-state index contributed by atoms with van der Waals surface area (Å²) in [4.78, 5) is 27.5. The minimum absolute atomic E-state index is 0.0768. The maximum absolute atomic E-state index is 13.0. The average Bonchev–Trinajstić information content (AvgIpc) is 2.96. The number of carbonyl (C=O) groups is 2. The zero-order valence-corrected chi connectivity index (χ0v) is 15.4. The van der Waals surface area contributed by atoms with E-state index in [0.717, 1.165) is 5.56 Å². The van der Waals surface area contributed by atoms with Crippen LogP contribution in [0.5, 0.6) is 5.75 Å². The number of carbonyl (C=O) groups excluding carboxylic acids is 2. The van der Waals surface area contributed by atoms with Crippen molar-refractivity contribution in [3.05, 3.63) is 59.7 Å². The van der Waals surface area contributed by atoms with Crippen LogP contribution in [-0.2, 0) is 11.3 Å². The van der Waals surface area contributed by atoms with Crippen molar-refractivity contribution in [3.63, 3.8) is 0 Å². The molecule has 136 valence electrons. The summed E-state index contributed by atoms with van der Waals surface area (Å²) in [5, 5.41) is 2.93. The molecule has 0 saturated carbocycles. The van der Waals surface area contributed by atoms with E-state index in [1.165, 1.54) is 0 Å². The number of hydrogen-bond acceptors (Lipinski definition) is 3. The Labute approximate surface area is 154 Å². The third-order valence-corrected chi connectivity index (χ3v) is 4.56. The molecule has 1 heterocycles. The third kappa shape index (κ3) is 3.72. The van der Waals surface area contributed by atoms with Crippen LogP contribution < -0.4 is 10.1 Å². The Morgan fingerprint density at radius 1 is 1.19 bits per heavy atom. The lowest BCUT2D eigenvalue weighted by Crippen LogP contribution is -2.45. The molecule has 0 saturated heterocycles. The van der Waals surface area contributed by atoms with Crippen molar-refractivity contribution in [1.82, 2.24) is 4.90 Å². The molecule has 1 aliphatic heterocycles. The number of benzene rings is 2. The molecule has 0 aromatic heterocycles. The summed E-state index contributed by atoms with van der Waals surface area (Å²) in [6.45, 7) is 4.58. The fourth-order valence-corrected chi connectivity index (χ4v) is 3.28. The highest BCUT2D eigenvalue weighted by molar-refractivity contribution is 6.03. The van der Waals surface area contributed by atoms with Gasteiger partial charge in [0, 0.05) is 23.9 Å². The summed E-state index contributed by atoms with van der Waals surface area (Å²) in [5.74, 6) is 0.709. The van der Waals surface area contributed by atoms with E-state index in [1.54, 1.807) is 18.1 Å². The highest BCUT2D eigenvalue weighted by Gasteiger charge is 2.36. The van der Waals surface area contributed by atoms with Crippen LogP contribution in [0.25, 0.3) is 0 Å². The molecular formula is C21H24N2O3. The van der Waals surface area contributed by atoms with Gasteiger partial charge in [-0.15, -0.1) is 0 Å². The maximum Gasteiger partial charge on any atom is 0.255 e. The van der Waals surface area contributed by atoms with Crippen LogP contribution >= 0.6 is 0 Å². The number of fused-ring (bicyclic) bond motifs is 1. The van der Waals surface area contributed by atoms with Gasteiger partial charge in [-0.05, 0) is 36.1 Å². The molecule has 0 bridgehead atoms. The van der Waals surface area contributed by atoms with Gasteiger partial charge in [-0.2, -0.15) is 0 Å². The number of nitrogens with one attached hydrogen (secondary N) is 1. The Kier molecular flexibility index (Phi) is 5.26. The van der Waals surface area contributed by atoms with Gasteiger partial charge in [-0.25, -0.2) is 0 Å². The van der Waals surface area contributed by atoms with Gasteiger partial charge >= 0.3 is 0 Å². The normalized spacial score (nSPS) is 14.3. The van der Waals surface area contributed by atoms with E-state index in [4.69, 9.17) is 4.74 Å². The summed E-state index contributed by atoms with van der Waals surface area (Å²) in [7, 11) is 1.59. The first kappa shape index (κ1) is 18.0. The smallest absolute Gasteiger partial charge is 0.255 e. The monoisotopic (exact) mass is 352 g/mol. The standard InChI is InChI=1S/C21H24N2O3/c1-14(2)11-19(20(24)22-16-8-6-9-17(12-16)26-3)23-13-15-7-4-5-10-18(15)21(23)25/h4-10,12,14,19H,11,13H2,1-3H3,(H,22,24)/t19-/m0/s1. The topological polar surface area (TPSA) is 58.6 Å². The average molecular weight is 352 g/mol. The second-order valence-corrected chi connectivity index (χ2v) is 6.96. The number of ether oxygens (including phenoxy) is 1. The molecule has 5 heteroatoms. The SMILES string of the molecule is COc1cccc(NC(=O)[C@H](CC(C)C)N2Cc3ccccc3C2=O)c1. The molecule has 0 radical (unpaired) electrons. The van der Waals surface area contributed by atoms with Crippen LogP contribution in [0.15, 0.2) is 48.5 Å². The molecule has 1 aliphatic rings. The van der Waals surface area contributed by atoms with Gasteiger partial charge in [0.15, 0.2) is 0 Å². The fraction of sp³-hybridized carbons (Fsp3) is 0.333. The lowest BCUT2D eigenvalue weighted by Gasteiger charge is -2.28. The zero-order valence-electron chi connectivity index (χ0n) is 15.4. The second kappa shape index (κ2) is 7.60. The van der Waals surface area contributed by atoms with E-state index in [2.05, 4.69) is 19.2 Å². The van der Waals surface area contributed by atoms with Gasteiger partial charge in [0.25, 0.3) is 5.91 Å². The molecule has 2 aromatic carbocycles. The predicted molar refractivity (Wildman–Crippen MR) is 101 cm³/mol. The Morgan fingerprint density at radius 2 is 1.96 bits per heavy atom. The van der Waals surface area contributed by atoms with Crippen molar-refractivity contribution in [1.29, 1.82) is 0 Å². The fourth-order valence-electron chi connectivity index (χ4n) is 3.28. The molecule has 26 heavy (non-hydrogen) atoms. The first-order valence-electron chi connectivity index (χ1n) is 8.83. The van der Waals surface area contributed by atoms with Crippen molar-refractivity contribution in [2.24, 2.45) is 5.92 Å². The minimum Gasteiger partial charge on any atom is -0.497 e. The van der Waals surface area contributed by atoms with Crippen molar-refractivity contribution in [2.75, 3.05) is 12.4 Å². The minimum atomic E-state index is -0.513. The Bertz CT molecular complexity index is 816. The summed E-state index contributed by atoms with van der Waals surface area (Å²) in [6.07, 6.45) is 0.607. The molecular weight excluding hydrogens is 328 g/mol. The van der Waals surface area contributed by atoms with Crippen LogP contribution in [-0.4, -0.2) is 29.9 Å². The van der Waals surface area contributed by atoms with E-state index in [-0.39, 0.29) is 17.7 Å². The van der Waals surface area contributed by atoms with E-state index in [1.807, 2.05) is 42.5 Å². The quantitative estimate of drug-likeness (QED) is 0.862. The van der Waals surface area contributed by atoms with Crippen LogP contribution in [0.3, 0.4) is 0 Å². The first-order valence-corrected chi connectivity index (χ1v) is 8.83. The van der Waals surface area contributed by atoms with Gasteiger partial charge in [0.05, 0.1) is 7.11 Å². The van der Waals surface area contributed by atoms with Gasteiger partial charge < -0.3 is 15.0 Å². The zero-order chi connectivity index (χ0) is 18.7. The summed E-state index contributed by atoms with van der Waals surface area (Å²) in [5.41, 5.74) is 2.32.